The van der Waals surface area contributed by atoms with Gasteiger partial charge in [0.15, 0.2) is 11.0 Å². The second kappa shape index (κ2) is 14.6. The first kappa shape index (κ1) is 33.3. The third-order valence-electron chi connectivity index (χ3n) is 7.34. The normalized spacial score (nSPS) is 14.9. The second-order valence-corrected chi connectivity index (χ2v) is 11.9. The minimum atomic E-state index is -4.77. The number of methoxy groups -OCH3 is 1. The molecular weight excluding hydrogens is 631 g/mol. The molecule has 244 valence electrons. The number of carbonyl (C=O) groups excluding carboxylic acids is 1. The van der Waals surface area contributed by atoms with Crippen LogP contribution in [0.2, 0.25) is 0 Å². The van der Waals surface area contributed by atoms with Crippen molar-refractivity contribution < 1.29 is 27.4 Å². The van der Waals surface area contributed by atoms with Crippen molar-refractivity contribution in [3.8, 4) is 34.6 Å². The molecule has 2 heterocycles. The van der Waals surface area contributed by atoms with Gasteiger partial charge in [-0.3, -0.25) is 0 Å². The molecule has 14 heteroatoms. The maximum atomic E-state index is 13.0. The number of hydrogen-bond acceptors (Lipinski definition) is 7. The number of benzene rings is 3. The first-order valence-corrected chi connectivity index (χ1v) is 15.8. The highest BCUT2D eigenvalue weighted by atomic mass is 32.2. The summed E-state index contributed by atoms with van der Waals surface area (Å²) in [5, 5.41) is 17.7. The number of anilines is 1. The number of aliphatic imine (C=N–C) groups is 1. The average Bonchev–Trinajstić information content (AvgIpc) is 3.55. The molecule has 1 unspecified atom stereocenters. The summed E-state index contributed by atoms with van der Waals surface area (Å²) in [7, 11) is 1.64. The van der Waals surface area contributed by atoms with E-state index in [0.29, 0.717) is 27.8 Å². The van der Waals surface area contributed by atoms with Crippen molar-refractivity contribution in [2.24, 2.45) is 4.99 Å². The molecule has 0 aliphatic carbocycles. The van der Waals surface area contributed by atoms with Crippen LogP contribution in [0.4, 0.5) is 23.7 Å². The van der Waals surface area contributed by atoms with E-state index in [0.717, 1.165) is 35.7 Å². The van der Waals surface area contributed by atoms with Gasteiger partial charge in [-0.15, -0.1) is 18.3 Å². The predicted molar refractivity (Wildman–Crippen MR) is 174 cm³/mol. The summed E-state index contributed by atoms with van der Waals surface area (Å²) in [5.74, 6) is 1.28. The standard InChI is InChI=1S/C33H32F3N7O3S/c1-21(2)28-17-27(45-3)13-14-29(28)42-15-4-16-47-32(42)40-31(44)38-19-24(18-37)22-5-7-23(8-6-22)30-39-20-43(41-30)25-9-11-26(12-10-25)46-33(34,35)36/h5-14,17,20-21,24H,4,15-16,19H2,1-3H3,(H,38,44). The molecule has 0 saturated carbocycles. The summed E-state index contributed by atoms with van der Waals surface area (Å²) in [6.45, 7) is 5.02. The van der Waals surface area contributed by atoms with Crippen molar-refractivity contribution in [1.29, 1.82) is 5.26 Å². The van der Waals surface area contributed by atoms with Crippen molar-refractivity contribution in [1.82, 2.24) is 20.1 Å². The van der Waals surface area contributed by atoms with Gasteiger partial charge in [-0.25, -0.2) is 14.5 Å². The highest BCUT2D eigenvalue weighted by Crippen LogP contribution is 2.35. The Kier molecular flexibility index (Phi) is 10.4. The molecule has 1 aromatic heterocycles. The maximum absolute atomic E-state index is 13.0. The van der Waals surface area contributed by atoms with E-state index in [1.807, 2.05) is 18.2 Å². The van der Waals surface area contributed by atoms with E-state index < -0.39 is 18.3 Å². The number of halogens is 3. The minimum Gasteiger partial charge on any atom is -0.497 e. The molecule has 1 aliphatic heterocycles. The SMILES string of the molecule is COc1ccc(N2CCCSC2=NC(=O)NCC(C#N)c2ccc(-c3ncn(-c4ccc(OC(F)(F)F)cc4)n3)cc2)c(C(C)C)c1. The average molecular weight is 664 g/mol. The molecule has 2 amide bonds. The Morgan fingerprint density at radius 3 is 2.49 bits per heavy atom. The zero-order valence-corrected chi connectivity index (χ0v) is 26.7. The van der Waals surface area contributed by atoms with Crippen molar-refractivity contribution in [3.05, 3.63) is 84.2 Å². The number of thioether (sulfide) groups is 1. The lowest BCUT2D eigenvalue weighted by Gasteiger charge is -2.32. The first-order chi connectivity index (χ1) is 22.5. The summed E-state index contributed by atoms with van der Waals surface area (Å²) >= 11 is 1.52. The third kappa shape index (κ3) is 8.42. The smallest absolute Gasteiger partial charge is 0.497 e. The lowest BCUT2D eigenvalue weighted by atomic mass is 9.99. The highest BCUT2D eigenvalue weighted by Gasteiger charge is 2.31. The van der Waals surface area contributed by atoms with E-state index in [1.165, 1.54) is 47.0 Å². The summed E-state index contributed by atoms with van der Waals surface area (Å²) in [5.41, 5.74) is 3.95. The van der Waals surface area contributed by atoms with Gasteiger partial charge in [-0.1, -0.05) is 49.9 Å². The molecule has 0 spiro atoms. The van der Waals surface area contributed by atoms with Crippen LogP contribution in [0.15, 0.2) is 78.0 Å². The lowest BCUT2D eigenvalue weighted by molar-refractivity contribution is -0.274. The number of nitriles is 1. The van der Waals surface area contributed by atoms with Crippen LogP contribution in [-0.2, 0) is 0 Å². The number of aromatic nitrogens is 3. The van der Waals surface area contributed by atoms with Gasteiger partial charge >= 0.3 is 12.4 Å². The summed E-state index contributed by atoms with van der Waals surface area (Å²) in [4.78, 5) is 23.7. The number of ether oxygens (including phenoxy) is 2. The fourth-order valence-corrected chi connectivity index (χ4v) is 5.93. The first-order valence-electron chi connectivity index (χ1n) is 14.8. The van der Waals surface area contributed by atoms with Crippen molar-refractivity contribution in [2.75, 3.05) is 30.9 Å². The van der Waals surface area contributed by atoms with Gasteiger partial charge < -0.3 is 19.7 Å². The Morgan fingerprint density at radius 2 is 1.83 bits per heavy atom. The van der Waals surface area contributed by atoms with Crippen molar-refractivity contribution >= 4 is 28.6 Å². The number of hydrogen-bond donors (Lipinski definition) is 1. The van der Waals surface area contributed by atoms with Crippen LogP contribution in [0, 0.1) is 11.3 Å². The van der Waals surface area contributed by atoms with Gasteiger partial charge in [0.2, 0.25) is 0 Å². The monoisotopic (exact) mass is 663 g/mol. The fourth-order valence-electron chi connectivity index (χ4n) is 4.98. The Morgan fingerprint density at radius 1 is 1.11 bits per heavy atom. The Labute approximate surface area is 274 Å². The zero-order chi connectivity index (χ0) is 33.6. The Hall–Kier alpha value is -5.03. The summed E-state index contributed by atoms with van der Waals surface area (Å²) < 4.78 is 48.1. The summed E-state index contributed by atoms with van der Waals surface area (Å²) in [6.07, 6.45) is -2.38. The molecule has 1 fully saturated rings. The molecule has 10 nitrogen and oxygen atoms in total. The van der Waals surface area contributed by atoms with E-state index in [4.69, 9.17) is 4.74 Å². The van der Waals surface area contributed by atoms with Crippen LogP contribution in [0.5, 0.6) is 11.5 Å². The molecular formula is C33H32F3N7O3S. The molecule has 1 N–H and O–H groups in total. The number of amides is 2. The molecule has 1 saturated heterocycles. The zero-order valence-electron chi connectivity index (χ0n) is 25.9. The predicted octanol–water partition coefficient (Wildman–Crippen LogP) is 7.28. The van der Waals surface area contributed by atoms with Crippen LogP contribution in [0.3, 0.4) is 0 Å². The van der Waals surface area contributed by atoms with Gasteiger partial charge in [0.1, 0.15) is 17.8 Å². The van der Waals surface area contributed by atoms with Crippen molar-refractivity contribution in [2.45, 2.75) is 38.5 Å². The van der Waals surface area contributed by atoms with E-state index in [-0.39, 0.29) is 18.2 Å². The Bertz CT molecular complexity index is 1770. The number of urea groups is 1. The van der Waals surface area contributed by atoms with Gasteiger partial charge in [0.05, 0.1) is 24.8 Å². The van der Waals surface area contributed by atoms with E-state index in [2.05, 4.69) is 49.9 Å². The van der Waals surface area contributed by atoms with Gasteiger partial charge in [-0.05, 0) is 65.9 Å². The van der Waals surface area contributed by atoms with E-state index in [1.54, 1.807) is 31.4 Å². The highest BCUT2D eigenvalue weighted by molar-refractivity contribution is 8.14. The van der Waals surface area contributed by atoms with E-state index in [9.17, 15) is 23.2 Å². The molecule has 5 rings (SSSR count). The molecule has 0 radical (unpaired) electrons. The number of amidine groups is 1. The second-order valence-electron chi connectivity index (χ2n) is 10.9. The van der Waals surface area contributed by atoms with Gasteiger partial charge in [0, 0.05) is 30.1 Å². The quantitative estimate of drug-likeness (QED) is 0.199. The fraction of sp³-hybridized carbons (Fsp3) is 0.303. The number of alkyl halides is 3. The topological polar surface area (TPSA) is 118 Å². The number of rotatable bonds is 9. The Balaban J connectivity index is 1.23. The molecule has 0 bridgehead atoms. The number of nitrogens with zero attached hydrogens (tertiary/aromatic N) is 6. The largest absolute Gasteiger partial charge is 0.573 e. The number of carbonyl (C=O) groups is 1. The third-order valence-corrected chi connectivity index (χ3v) is 8.41. The van der Waals surface area contributed by atoms with Crippen LogP contribution < -0.4 is 19.7 Å². The van der Waals surface area contributed by atoms with Gasteiger partial charge in [0.25, 0.3) is 0 Å². The van der Waals surface area contributed by atoms with Crippen molar-refractivity contribution in [3.63, 3.8) is 0 Å². The van der Waals surface area contributed by atoms with Crippen LogP contribution >= 0.6 is 11.8 Å². The molecule has 3 aromatic carbocycles. The van der Waals surface area contributed by atoms with Crippen LogP contribution in [0.25, 0.3) is 17.1 Å². The van der Waals surface area contributed by atoms with E-state index >= 15 is 0 Å². The lowest BCUT2D eigenvalue weighted by Crippen LogP contribution is -2.37. The molecule has 4 aromatic rings. The number of nitrogens with one attached hydrogen (secondary N) is 1. The van der Waals surface area contributed by atoms with Crippen LogP contribution in [0.1, 0.15) is 43.2 Å². The van der Waals surface area contributed by atoms with Crippen LogP contribution in [-0.4, -0.2) is 58.3 Å². The molecule has 1 aliphatic rings. The summed E-state index contributed by atoms with van der Waals surface area (Å²) in [6, 6.07) is 19.9. The minimum absolute atomic E-state index is 0.0663. The molecule has 47 heavy (non-hydrogen) atoms. The van der Waals surface area contributed by atoms with Gasteiger partial charge in [-0.2, -0.15) is 10.3 Å². The molecule has 1 atom stereocenters. The maximum Gasteiger partial charge on any atom is 0.573 e.